The van der Waals surface area contributed by atoms with Gasteiger partial charge in [-0.1, -0.05) is 18.2 Å². The minimum Gasteiger partial charge on any atom is -0.371 e. The van der Waals surface area contributed by atoms with E-state index in [0.717, 1.165) is 22.8 Å². The lowest BCUT2D eigenvalue weighted by Gasteiger charge is -2.15. The highest BCUT2D eigenvalue weighted by Crippen LogP contribution is 2.23. The number of carbonyl (C=O) groups excluding carboxylic acids is 2. The van der Waals surface area contributed by atoms with E-state index in [4.69, 9.17) is 0 Å². The number of aryl methyl sites for hydroxylation is 1. The van der Waals surface area contributed by atoms with Crippen LogP contribution in [0.1, 0.15) is 18.3 Å². The fraction of sp³-hybridized carbons (Fsp3) is 0.312. The maximum atomic E-state index is 12.0. The van der Waals surface area contributed by atoms with E-state index >= 15 is 0 Å². The van der Waals surface area contributed by atoms with Gasteiger partial charge < -0.3 is 10.6 Å². The van der Waals surface area contributed by atoms with Gasteiger partial charge in [0.2, 0.25) is 5.91 Å². The number of rotatable bonds is 4. The molecule has 7 heteroatoms. The van der Waals surface area contributed by atoms with E-state index < -0.39 is 18.0 Å². The average Bonchev–Trinajstić information content (AvgIpc) is 2.83. The topological polar surface area (TPSA) is 88.1 Å². The third kappa shape index (κ3) is 3.68. The summed E-state index contributed by atoms with van der Waals surface area (Å²) in [6.07, 6.45) is 0. The van der Waals surface area contributed by atoms with Crippen molar-refractivity contribution in [2.45, 2.75) is 26.8 Å². The van der Waals surface area contributed by atoms with Crippen LogP contribution in [0.4, 0.5) is 10.5 Å². The Labute approximate surface area is 135 Å². The van der Waals surface area contributed by atoms with E-state index in [-0.39, 0.29) is 0 Å². The number of nitrogens with one attached hydrogen (secondary N) is 3. The highest BCUT2D eigenvalue weighted by Gasteiger charge is 2.19. The first-order valence-electron chi connectivity index (χ1n) is 7.34. The number of aromatic nitrogens is 2. The van der Waals surface area contributed by atoms with E-state index in [0.29, 0.717) is 0 Å². The number of carbonyl (C=O) groups is 2. The maximum Gasteiger partial charge on any atom is 0.321 e. The van der Waals surface area contributed by atoms with Gasteiger partial charge in [0.25, 0.3) is 0 Å². The zero-order valence-corrected chi connectivity index (χ0v) is 13.7. The molecule has 0 spiro atoms. The third-order valence-corrected chi connectivity index (χ3v) is 3.51. The van der Waals surface area contributed by atoms with Crippen LogP contribution in [0.3, 0.4) is 0 Å². The molecule has 2 aromatic rings. The van der Waals surface area contributed by atoms with Crippen LogP contribution in [-0.2, 0) is 4.79 Å². The second kappa shape index (κ2) is 6.95. The average molecular weight is 315 g/mol. The lowest BCUT2D eigenvalue weighted by molar-refractivity contribution is -0.120. The molecule has 0 radical (unpaired) electrons. The summed E-state index contributed by atoms with van der Waals surface area (Å²) in [6.45, 7) is 5.49. The molecular formula is C16H21N5O2. The van der Waals surface area contributed by atoms with Crippen LogP contribution >= 0.6 is 0 Å². The molecule has 3 amide bonds. The maximum absolute atomic E-state index is 12.0. The Kier molecular flexibility index (Phi) is 5.00. The van der Waals surface area contributed by atoms with Crippen LogP contribution in [0, 0.1) is 13.8 Å². The van der Waals surface area contributed by atoms with Gasteiger partial charge >= 0.3 is 6.03 Å². The van der Waals surface area contributed by atoms with Crippen molar-refractivity contribution in [3.05, 3.63) is 41.7 Å². The Balaban J connectivity index is 2.19. The molecular weight excluding hydrogens is 294 g/mol. The second-order valence-corrected chi connectivity index (χ2v) is 5.23. The molecule has 2 rings (SSSR count). The highest BCUT2D eigenvalue weighted by atomic mass is 16.2. The number of anilines is 1. The van der Waals surface area contributed by atoms with Gasteiger partial charge in [0.1, 0.15) is 6.04 Å². The smallest absolute Gasteiger partial charge is 0.321 e. The molecule has 7 nitrogen and oxygen atoms in total. The summed E-state index contributed by atoms with van der Waals surface area (Å²) in [4.78, 5) is 23.2. The van der Waals surface area contributed by atoms with Crippen molar-refractivity contribution in [2.75, 3.05) is 12.4 Å². The Hall–Kier alpha value is -2.83. The predicted molar refractivity (Wildman–Crippen MR) is 88.7 cm³/mol. The minimum atomic E-state index is -0.571. The Morgan fingerprint density at radius 3 is 2.43 bits per heavy atom. The zero-order chi connectivity index (χ0) is 17.0. The molecule has 0 fully saturated rings. The molecule has 1 heterocycles. The molecule has 0 aliphatic heterocycles. The fourth-order valence-electron chi connectivity index (χ4n) is 2.24. The van der Waals surface area contributed by atoms with E-state index in [1.165, 1.54) is 7.05 Å². The van der Waals surface area contributed by atoms with Gasteiger partial charge in [-0.05, 0) is 32.9 Å². The molecule has 23 heavy (non-hydrogen) atoms. The van der Waals surface area contributed by atoms with Crippen molar-refractivity contribution < 1.29 is 9.59 Å². The standard InChI is InChI=1S/C16H21N5O2/c1-10-14(18-11(2)15(22)19-16(23)17-4)12(3)21(20-10)13-8-6-5-7-9-13/h5-9,11,18H,1-4H3,(H2,17,19,22,23)/t11-/m1/s1. The number of para-hydroxylation sites is 1. The van der Waals surface area contributed by atoms with Gasteiger partial charge in [-0.25, -0.2) is 9.48 Å². The number of amides is 3. The molecule has 0 saturated heterocycles. The minimum absolute atomic E-state index is 0.407. The molecule has 0 aliphatic carbocycles. The Bertz CT molecular complexity index is 709. The third-order valence-electron chi connectivity index (χ3n) is 3.51. The molecule has 3 N–H and O–H groups in total. The van der Waals surface area contributed by atoms with Crippen molar-refractivity contribution in [1.82, 2.24) is 20.4 Å². The largest absolute Gasteiger partial charge is 0.371 e. The normalized spacial score (nSPS) is 11.7. The van der Waals surface area contributed by atoms with Crippen molar-refractivity contribution in [2.24, 2.45) is 0 Å². The van der Waals surface area contributed by atoms with Gasteiger partial charge in [0.15, 0.2) is 0 Å². The molecule has 1 atom stereocenters. The summed E-state index contributed by atoms with van der Waals surface area (Å²) in [5, 5.41) is 12.2. The van der Waals surface area contributed by atoms with E-state index in [1.54, 1.807) is 6.92 Å². The van der Waals surface area contributed by atoms with Crippen LogP contribution in [-0.4, -0.2) is 34.8 Å². The zero-order valence-electron chi connectivity index (χ0n) is 13.7. The molecule has 0 bridgehead atoms. The molecule has 0 saturated carbocycles. The number of nitrogens with zero attached hydrogens (tertiary/aromatic N) is 2. The van der Waals surface area contributed by atoms with Gasteiger partial charge in [-0.2, -0.15) is 5.10 Å². The van der Waals surface area contributed by atoms with Crippen molar-refractivity contribution in [3.8, 4) is 5.69 Å². The molecule has 1 aromatic heterocycles. The summed E-state index contributed by atoms with van der Waals surface area (Å²) in [7, 11) is 1.46. The summed E-state index contributed by atoms with van der Waals surface area (Å²) in [6, 6.07) is 8.65. The lowest BCUT2D eigenvalue weighted by atomic mass is 10.2. The summed E-state index contributed by atoms with van der Waals surface area (Å²) < 4.78 is 1.82. The van der Waals surface area contributed by atoms with Crippen molar-refractivity contribution in [3.63, 3.8) is 0 Å². The molecule has 0 unspecified atom stereocenters. The van der Waals surface area contributed by atoms with Crippen molar-refractivity contribution >= 4 is 17.6 Å². The van der Waals surface area contributed by atoms with Gasteiger partial charge in [0, 0.05) is 7.05 Å². The first kappa shape index (κ1) is 16.5. The van der Waals surface area contributed by atoms with E-state index in [1.807, 2.05) is 48.9 Å². The number of imide groups is 1. The molecule has 0 aliphatic rings. The van der Waals surface area contributed by atoms with Crippen LogP contribution in [0.2, 0.25) is 0 Å². The Morgan fingerprint density at radius 2 is 1.83 bits per heavy atom. The van der Waals surface area contributed by atoms with E-state index in [9.17, 15) is 9.59 Å². The second-order valence-electron chi connectivity index (χ2n) is 5.23. The molecule has 1 aromatic carbocycles. The first-order chi connectivity index (χ1) is 10.9. The van der Waals surface area contributed by atoms with Crippen LogP contribution in [0.25, 0.3) is 5.69 Å². The fourth-order valence-corrected chi connectivity index (χ4v) is 2.24. The van der Waals surface area contributed by atoms with Crippen LogP contribution in [0.15, 0.2) is 30.3 Å². The summed E-state index contributed by atoms with van der Waals surface area (Å²) in [5.41, 5.74) is 3.41. The quantitative estimate of drug-likeness (QED) is 0.802. The van der Waals surface area contributed by atoms with Gasteiger partial charge in [-0.15, -0.1) is 0 Å². The highest BCUT2D eigenvalue weighted by molar-refractivity contribution is 5.98. The summed E-state index contributed by atoms with van der Waals surface area (Å²) >= 11 is 0. The number of benzene rings is 1. The number of hydrogen-bond acceptors (Lipinski definition) is 4. The van der Waals surface area contributed by atoms with Crippen LogP contribution < -0.4 is 16.0 Å². The number of hydrogen-bond donors (Lipinski definition) is 3. The lowest BCUT2D eigenvalue weighted by Crippen LogP contribution is -2.44. The monoisotopic (exact) mass is 315 g/mol. The molecule has 122 valence electrons. The number of urea groups is 1. The predicted octanol–water partition coefficient (Wildman–Crippen LogP) is 1.75. The Morgan fingerprint density at radius 1 is 1.17 bits per heavy atom. The van der Waals surface area contributed by atoms with Gasteiger partial charge in [-0.3, -0.25) is 10.1 Å². The van der Waals surface area contributed by atoms with E-state index in [2.05, 4.69) is 21.0 Å². The summed E-state index contributed by atoms with van der Waals surface area (Å²) in [5.74, 6) is -0.407. The van der Waals surface area contributed by atoms with Crippen molar-refractivity contribution in [1.29, 1.82) is 0 Å². The first-order valence-corrected chi connectivity index (χ1v) is 7.34. The van der Waals surface area contributed by atoms with Crippen LogP contribution in [0.5, 0.6) is 0 Å². The SMILES string of the molecule is CNC(=O)NC(=O)[C@@H](C)Nc1c(C)nn(-c2ccccc2)c1C. The van der Waals surface area contributed by atoms with Gasteiger partial charge in [0.05, 0.1) is 22.8 Å².